The number of carbonyl (C=O) groups is 1. The number of carbonyl (C=O) groups excluding carboxylic acids is 1. The molecule has 0 bridgehead atoms. The van der Waals surface area contributed by atoms with E-state index in [4.69, 9.17) is 4.74 Å². The Hall–Kier alpha value is -3.50. The number of aromatic nitrogens is 2. The van der Waals surface area contributed by atoms with Gasteiger partial charge in [0.15, 0.2) is 0 Å². The van der Waals surface area contributed by atoms with Gasteiger partial charge in [-0.1, -0.05) is 6.92 Å². The molecular formula is C26H31N5O4S. The topological polar surface area (TPSA) is 105 Å². The molecule has 2 aromatic carbocycles. The van der Waals surface area contributed by atoms with E-state index < -0.39 is 10.0 Å². The van der Waals surface area contributed by atoms with Gasteiger partial charge in [0.05, 0.1) is 17.2 Å². The number of hydrogen-bond donors (Lipinski definition) is 1. The molecule has 10 heteroatoms. The van der Waals surface area contributed by atoms with Crippen LogP contribution in [0, 0.1) is 0 Å². The van der Waals surface area contributed by atoms with Gasteiger partial charge in [-0.3, -0.25) is 4.79 Å². The molecule has 0 saturated carbocycles. The Morgan fingerprint density at radius 1 is 0.972 bits per heavy atom. The molecule has 0 atom stereocenters. The predicted molar refractivity (Wildman–Crippen MR) is 140 cm³/mol. The van der Waals surface area contributed by atoms with Gasteiger partial charge in [0, 0.05) is 49.9 Å². The summed E-state index contributed by atoms with van der Waals surface area (Å²) < 4.78 is 33.3. The number of nitrogens with zero attached hydrogens (tertiary/aromatic N) is 4. The first-order chi connectivity index (χ1) is 17.4. The lowest BCUT2D eigenvalue weighted by molar-refractivity contribution is -0.116. The van der Waals surface area contributed by atoms with Gasteiger partial charge in [-0.2, -0.15) is 4.31 Å². The van der Waals surface area contributed by atoms with E-state index in [-0.39, 0.29) is 10.8 Å². The molecule has 1 amide bonds. The maximum absolute atomic E-state index is 13.2. The van der Waals surface area contributed by atoms with E-state index >= 15 is 0 Å². The van der Waals surface area contributed by atoms with E-state index in [0.29, 0.717) is 44.9 Å². The minimum atomic E-state index is -3.63. The molecule has 1 aromatic heterocycles. The average molecular weight is 510 g/mol. The van der Waals surface area contributed by atoms with Gasteiger partial charge in [0.2, 0.25) is 15.9 Å². The normalized spacial score (nSPS) is 14.4. The first-order valence-corrected chi connectivity index (χ1v) is 13.5. The second kappa shape index (κ2) is 11.5. The molecule has 2 heterocycles. The molecule has 1 N–H and O–H groups in total. The maximum atomic E-state index is 13.2. The van der Waals surface area contributed by atoms with E-state index in [2.05, 4.69) is 20.2 Å². The fourth-order valence-electron chi connectivity index (χ4n) is 4.03. The molecule has 0 aliphatic carbocycles. The number of hydrogen-bond acceptors (Lipinski definition) is 7. The molecule has 1 fully saturated rings. The Bertz CT molecular complexity index is 1270. The quantitative estimate of drug-likeness (QED) is 0.468. The van der Waals surface area contributed by atoms with Crippen LogP contribution in [0.1, 0.15) is 26.7 Å². The molecule has 1 saturated heterocycles. The van der Waals surface area contributed by atoms with Crippen LogP contribution in [0.5, 0.6) is 5.75 Å². The summed E-state index contributed by atoms with van der Waals surface area (Å²) in [6.07, 6.45) is 2.71. The maximum Gasteiger partial charge on any atom is 0.243 e. The van der Waals surface area contributed by atoms with Gasteiger partial charge >= 0.3 is 0 Å². The van der Waals surface area contributed by atoms with Crippen LogP contribution in [-0.4, -0.2) is 61.4 Å². The summed E-state index contributed by atoms with van der Waals surface area (Å²) in [7, 11) is -3.63. The highest BCUT2D eigenvalue weighted by atomic mass is 32.2. The number of ether oxygens (including phenoxy) is 1. The van der Waals surface area contributed by atoms with Gasteiger partial charge in [-0.25, -0.2) is 18.4 Å². The number of rotatable bonds is 9. The summed E-state index contributed by atoms with van der Waals surface area (Å²) in [6.45, 7) is 6.22. The van der Waals surface area contributed by atoms with Crippen molar-refractivity contribution >= 4 is 27.4 Å². The Morgan fingerprint density at radius 3 is 2.31 bits per heavy atom. The predicted octanol–water partition coefficient (Wildman–Crippen LogP) is 3.79. The van der Waals surface area contributed by atoms with Crippen LogP contribution in [0.2, 0.25) is 0 Å². The smallest absolute Gasteiger partial charge is 0.243 e. The van der Waals surface area contributed by atoms with E-state index in [1.807, 2.05) is 44.2 Å². The summed E-state index contributed by atoms with van der Waals surface area (Å²) in [4.78, 5) is 22.9. The first kappa shape index (κ1) is 25.6. The number of sulfonamides is 1. The Labute approximate surface area is 212 Å². The molecule has 3 aromatic rings. The molecule has 4 rings (SSSR count). The summed E-state index contributed by atoms with van der Waals surface area (Å²) in [5.41, 5.74) is 2.34. The van der Waals surface area contributed by atoms with Crippen molar-refractivity contribution in [1.29, 1.82) is 0 Å². The zero-order valence-electron chi connectivity index (χ0n) is 20.6. The standard InChI is InChI=1S/C26H31N5O4S/c1-3-5-26(32)29-21-8-12-23(13-9-21)36(33,34)31-16-14-30(15-17-31)25-18-24(27-19-28-25)20-6-10-22(11-7-20)35-4-2/h6-13,18-19H,3-5,14-17H2,1-2H3,(H,29,32). The fourth-order valence-corrected chi connectivity index (χ4v) is 5.46. The average Bonchev–Trinajstić information content (AvgIpc) is 2.90. The lowest BCUT2D eigenvalue weighted by atomic mass is 10.1. The number of piperazine rings is 1. The van der Waals surface area contributed by atoms with Gasteiger partial charge < -0.3 is 15.0 Å². The van der Waals surface area contributed by atoms with Crippen molar-refractivity contribution in [2.45, 2.75) is 31.6 Å². The Morgan fingerprint density at radius 2 is 1.67 bits per heavy atom. The summed E-state index contributed by atoms with van der Waals surface area (Å²) in [5.74, 6) is 1.49. The van der Waals surface area contributed by atoms with Gasteiger partial charge in [0.25, 0.3) is 0 Å². The van der Waals surface area contributed by atoms with E-state index in [1.54, 1.807) is 12.1 Å². The number of benzene rings is 2. The van der Waals surface area contributed by atoms with Crippen LogP contribution < -0.4 is 15.0 Å². The van der Waals surface area contributed by atoms with E-state index in [0.717, 1.165) is 29.2 Å². The highest BCUT2D eigenvalue weighted by Gasteiger charge is 2.29. The minimum absolute atomic E-state index is 0.0837. The number of nitrogens with one attached hydrogen (secondary N) is 1. The van der Waals surface area contributed by atoms with Crippen LogP contribution in [-0.2, 0) is 14.8 Å². The van der Waals surface area contributed by atoms with Gasteiger partial charge in [0.1, 0.15) is 17.9 Å². The Balaban J connectivity index is 1.39. The van der Waals surface area contributed by atoms with Crippen molar-refractivity contribution in [2.75, 3.05) is 43.0 Å². The van der Waals surface area contributed by atoms with Crippen LogP contribution in [0.4, 0.5) is 11.5 Å². The van der Waals surface area contributed by atoms with Crippen molar-refractivity contribution in [3.8, 4) is 17.0 Å². The van der Waals surface area contributed by atoms with Crippen molar-refractivity contribution in [2.24, 2.45) is 0 Å². The molecule has 36 heavy (non-hydrogen) atoms. The molecule has 0 unspecified atom stereocenters. The molecular weight excluding hydrogens is 478 g/mol. The minimum Gasteiger partial charge on any atom is -0.494 e. The van der Waals surface area contributed by atoms with Crippen LogP contribution in [0.3, 0.4) is 0 Å². The molecule has 1 aliphatic rings. The summed E-state index contributed by atoms with van der Waals surface area (Å²) in [6, 6.07) is 16.0. The second-order valence-corrected chi connectivity index (χ2v) is 10.4. The monoisotopic (exact) mass is 509 g/mol. The second-order valence-electron chi connectivity index (χ2n) is 8.43. The molecule has 9 nitrogen and oxygen atoms in total. The van der Waals surface area contributed by atoms with Crippen molar-refractivity contribution in [1.82, 2.24) is 14.3 Å². The molecule has 190 valence electrons. The lowest BCUT2D eigenvalue weighted by Crippen LogP contribution is -2.48. The van der Waals surface area contributed by atoms with E-state index in [1.165, 1.54) is 22.8 Å². The van der Waals surface area contributed by atoms with Crippen LogP contribution in [0.25, 0.3) is 11.3 Å². The Kier molecular flexibility index (Phi) is 8.17. The SMILES string of the molecule is CCCC(=O)Nc1ccc(S(=O)(=O)N2CCN(c3cc(-c4ccc(OCC)cc4)ncn3)CC2)cc1. The van der Waals surface area contributed by atoms with Crippen molar-refractivity contribution < 1.29 is 17.9 Å². The third-order valence-electron chi connectivity index (χ3n) is 5.93. The molecule has 0 radical (unpaired) electrons. The summed E-state index contributed by atoms with van der Waals surface area (Å²) >= 11 is 0. The summed E-state index contributed by atoms with van der Waals surface area (Å²) in [5, 5.41) is 2.78. The molecule has 0 spiro atoms. The van der Waals surface area contributed by atoms with Gasteiger partial charge in [-0.15, -0.1) is 0 Å². The van der Waals surface area contributed by atoms with E-state index in [9.17, 15) is 13.2 Å². The van der Waals surface area contributed by atoms with Crippen molar-refractivity contribution in [3.05, 3.63) is 60.9 Å². The number of amides is 1. The highest BCUT2D eigenvalue weighted by molar-refractivity contribution is 7.89. The first-order valence-electron chi connectivity index (χ1n) is 12.1. The van der Waals surface area contributed by atoms with Gasteiger partial charge in [-0.05, 0) is 61.9 Å². The van der Waals surface area contributed by atoms with Crippen molar-refractivity contribution in [3.63, 3.8) is 0 Å². The zero-order chi connectivity index (χ0) is 25.5. The third kappa shape index (κ3) is 6.00. The number of anilines is 2. The fraction of sp³-hybridized carbons (Fsp3) is 0.346. The molecule has 1 aliphatic heterocycles. The zero-order valence-corrected chi connectivity index (χ0v) is 21.4. The lowest BCUT2D eigenvalue weighted by Gasteiger charge is -2.34. The van der Waals surface area contributed by atoms with Crippen LogP contribution >= 0.6 is 0 Å². The third-order valence-corrected chi connectivity index (χ3v) is 7.84. The van der Waals surface area contributed by atoms with Crippen LogP contribution in [0.15, 0.2) is 65.8 Å². The highest BCUT2D eigenvalue weighted by Crippen LogP contribution is 2.25. The largest absolute Gasteiger partial charge is 0.494 e.